The molecule has 0 saturated heterocycles. The highest BCUT2D eigenvalue weighted by molar-refractivity contribution is 5.73. The number of nitrogens with zero attached hydrogens (tertiary/aromatic N) is 1. The molecule has 0 radical (unpaired) electrons. The SMILES string of the molecule is COc1cccc(C(C)N(C)C)c1.O=C(O)C(O)c1ccccc1. The van der Waals surface area contributed by atoms with Gasteiger partial charge in [0, 0.05) is 6.04 Å². The predicted molar refractivity (Wildman–Crippen MR) is 94.1 cm³/mol. The van der Waals surface area contributed by atoms with Crippen LogP contribution >= 0.6 is 0 Å². The lowest BCUT2D eigenvalue weighted by molar-refractivity contribution is -0.146. The van der Waals surface area contributed by atoms with Crippen molar-refractivity contribution in [1.29, 1.82) is 0 Å². The summed E-state index contributed by atoms with van der Waals surface area (Å²) in [5.41, 5.74) is 1.68. The molecule has 0 aromatic heterocycles. The molecule has 2 rings (SSSR count). The summed E-state index contributed by atoms with van der Waals surface area (Å²) in [6.07, 6.45) is -1.41. The van der Waals surface area contributed by atoms with E-state index in [-0.39, 0.29) is 0 Å². The average molecular weight is 331 g/mol. The van der Waals surface area contributed by atoms with Crippen molar-refractivity contribution in [3.8, 4) is 5.75 Å². The van der Waals surface area contributed by atoms with Crippen LogP contribution in [0.3, 0.4) is 0 Å². The molecule has 2 N–H and O–H groups in total. The van der Waals surface area contributed by atoms with Gasteiger partial charge in [-0.2, -0.15) is 0 Å². The first-order valence-corrected chi connectivity index (χ1v) is 7.63. The Morgan fingerprint density at radius 1 is 1.04 bits per heavy atom. The van der Waals surface area contributed by atoms with Gasteiger partial charge in [0.05, 0.1) is 7.11 Å². The number of hydrogen-bond donors (Lipinski definition) is 2. The number of aliphatic hydroxyl groups excluding tert-OH is 1. The van der Waals surface area contributed by atoms with Gasteiger partial charge in [-0.1, -0.05) is 42.5 Å². The van der Waals surface area contributed by atoms with Crippen LogP contribution in [0.5, 0.6) is 5.75 Å². The number of benzene rings is 2. The molecule has 130 valence electrons. The van der Waals surface area contributed by atoms with Gasteiger partial charge in [0.15, 0.2) is 6.10 Å². The normalized spacial score (nSPS) is 12.8. The third-order valence-corrected chi connectivity index (χ3v) is 3.70. The quantitative estimate of drug-likeness (QED) is 0.881. The molecule has 0 bridgehead atoms. The minimum atomic E-state index is -1.41. The maximum Gasteiger partial charge on any atom is 0.337 e. The van der Waals surface area contributed by atoms with Crippen LogP contribution in [0.15, 0.2) is 54.6 Å². The molecule has 2 aromatic rings. The topological polar surface area (TPSA) is 70.0 Å². The molecule has 2 unspecified atom stereocenters. The largest absolute Gasteiger partial charge is 0.497 e. The summed E-state index contributed by atoms with van der Waals surface area (Å²) in [6.45, 7) is 2.18. The highest BCUT2D eigenvalue weighted by Crippen LogP contribution is 2.21. The molecule has 0 spiro atoms. The minimum absolute atomic E-state index is 0.403. The second-order valence-corrected chi connectivity index (χ2v) is 5.57. The molecule has 0 saturated carbocycles. The lowest BCUT2D eigenvalue weighted by Gasteiger charge is -2.20. The summed E-state index contributed by atoms with van der Waals surface area (Å²) in [5.74, 6) is -0.303. The average Bonchev–Trinajstić information content (AvgIpc) is 2.61. The van der Waals surface area contributed by atoms with Crippen LogP contribution in [0.2, 0.25) is 0 Å². The van der Waals surface area contributed by atoms with E-state index in [0.717, 1.165) is 5.75 Å². The summed E-state index contributed by atoms with van der Waals surface area (Å²) in [5, 5.41) is 17.4. The molecule has 0 amide bonds. The summed E-state index contributed by atoms with van der Waals surface area (Å²) >= 11 is 0. The first-order valence-electron chi connectivity index (χ1n) is 7.63. The van der Waals surface area contributed by atoms with Crippen molar-refractivity contribution in [2.45, 2.75) is 19.1 Å². The van der Waals surface area contributed by atoms with E-state index in [1.54, 1.807) is 37.4 Å². The first-order chi connectivity index (χ1) is 11.4. The number of aliphatic carboxylic acids is 1. The standard InChI is InChI=1S/C11H17NO.C8H8O3/c1-9(12(2)3)10-6-5-7-11(8-10)13-4;9-7(8(10)11)6-4-2-1-3-5-6/h5-9H,1-4H3;1-5,7,9H,(H,10,11). The number of rotatable bonds is 5. The second kappa shape index (κ2) is 9.70. The summed E-state index contributed by atoms with van der Waals surface area (Å²) in [6, 6.07) is 16.9. The monoisotopic (exact) mass is 331 g/mol. The molecule has 0 aliphatic heterocycles. The highest BCUT2D eigenvalue weighted by atomic mass is 16.5. The van der Waals surface area contributed by atoms with Crippen LogP contribution in [0, 0.1) is 0 Å². The zero-order chi connectivity index (χ0) is 18.1. The second-order valence-electron chi connectivity index (χ2n) is 5.57. The van der Waals surface area contributed by atoms with Crippen LogP contribution in [0.4, 0.5) is 0 Å². The third-order valence-electron chi connectivity index (χ3n) is 3.70. The molecule has 0 fully saturated rings. The van der Waals surface area contributed by atoms with E-state index in [4.69, 9.17) is 14.9 Å². The third kappa shape index (κ3) is 6.02. The van der Waals surface area contributed by atoms with Gasteiger partial charge in [0.25, 0.3) is 0 Å². The smallest absolute Gasteiger partial charge is 0.337 e. The number of carboxylic acid groups (broad SMARTS) is 1. The molecule has 0 heterocycles. The first kappa shape index (κ1) is 19.7. The number of carboxylic acids is 1. The van der Waals surface area contributed by atoms with Crippen molar-refractivity contribution in [2.24, 2.45) is 0 Å². The molecular formula is C19H25NO4. The Labute approximate surface area is 143 Å². The van der Waals surface area contributed by atoms with Gasteiger partial charge in [-0.3, -0.25) is 0 Å². The number of methoxy groups -OCH3 is 1. The fourth-order valence-electron chi connectivity index (χ4n) is 1.98. The van der Waals surface area contributed by atoms with E-state index < -0.39 is 12.1 Å². The Kier molecular flexibility index (Phi) is 7.95. The number of hydrogen-bond acceptors (Lipinski definition) is 4. The van der Waals surface area contributed by atoms with Gasteiger partial charge >= 0.3 is 5.97 Å². The fraction of sp³-hybridized carbons (Fsp3) is 0.316. The van der Waals surface area contributed by atoms with Crippen LogP contribution in [-0.2, 0) is 4.79 Å². The van der Waals surface area contributed by atoms with Gasteiger partial charge in [-0.25, -0.2) is 4.79 Å². The highest BCUT2D eigenvalue weighted by Gasteiger charge is 2.14. The lowest BCUT2D eigenvalue weighted by atomic mass is 10.1. The Morgan fingerprint density at radius 2 is 1.62 bits per heavy atom. The van der Waals surface area contributed by atoms with E-state index in [0.29, 0.717) is 11.6 Å². The van der Waals surface area contributed by atoms with E-state index in [1.165, 1.54) is 5.56 Å². The molecular weight excluding hydrogens is 306 g/mol. The van der Waals surface area contributed by atoms with E-state index in [1.807, 2.05) is 12.1 Å². The van der Waals surface area contributed by atoms with Crippen molar-refractivity contribution >= 4 is 5.97 Å². The molecule has 0 aliphatic rings. The minimum Gasteiger partial charge on any atom is -0.497 e. The van der Waals surface area contributed by atoms with Crippen LogP contribution in [-0.4, -0.2) is 42.3 Å². The van der Waals surface area contributed by atoms with Gasteiger partial charge in [0.2, 0.25) is 0 Å². The Morgan fingerprint density at radius 3 is 2.12 bits per heavy atom. The molecule has 2 aromatic carbocycles. The van der Waals surface area contributed by atoms with Crippen molar-refractivity contribution in [3.63, 3.8) is 0 Å². The van der Waals surface area contributed by atoms with Gasteiger partial charge < -0.3 is 19.8 Å². The number of carbonyl (C=O) groups is 1. The zero-order valence-corrected chi connectivity index (χ0v) is 14.5. The number of aliphatic hydroxyl groups is 1. The zero-order valence-electron chi connectivity index (χ0n) is 14.5. The maximum absolute atomic E-state index is 10.2. The fourth-order valence-corrected chi connectivity index (χ4v) is 1.98. The van der Waals surface area contributed by atoms with Crippen molar-refractivity contribution in [1.82, 2.24) is 4.90 Å². The lowest BCUT2D eigenvalue weighted by Crippen LogP contribution is -2.16. The van der Waals surface area contributed by atoms with Crippen molar-refractivity contribution in [3.05, 3.63) is 65.7 Å². The number of ether oxygens (including phenoxy) is 1. The van der Waals surface area contributed by atoms with Gasteiger partial charge in [-0.15, -0.1) is 0 Å². The maximum atomic E-state index is 10.2. The van der Waals surface area contributed by atoms with Crippen LogP contribution in [0.1, 0.15) is 30.2 Å². The Hall–Kier alpha value is -2.37. The predicted octanol–water partition coefficient (Wildman–Crippen LogP) is 3.12. The van der Waals surface area contributed by atoms with Crippen LogP contribution in [0.25, 0.3) is 0 Å². The summed E-state index contributed by atoms with van der Waals surface area (Å²) < 4.78 is 5.17. The van der Waals surface area contributed by atoms with Gasteiger partial charge in [-0.05, 0) is 44.3 Å². The van der Waals surface area contributed by atoms with E-state index in [9.17, 15) is 4.79 Å². The Balaban J connectivity index is 0.000000243. The summed E-state index contributed by atoms with van der Waals surface area (Å²) in [4.78, 5) is 12.4. The molecule has 5 nitrogen and oxygen atoms in total. The van der Waals surface area contributed by atoms with Crippen LogP contribution < -0.4 is 4.74 Å². The molecule has 24 heavy (non-hydrogen) atoms. The summed E-state index contributed by atoms with van der Waals surface area (Å²) in [7, 11) is 5.84. The molecule has 0 aliphatic carbocycles. The molecule has 2 atom stereocenters. The van der Waals surface area contributed by atoms with Gasteiger partial charge in [0.1, 0.15) is 5.75 Å². The van der Waals surface area contributed by atoms with E-state index in [2.05, 4.69) is 38.1 Å². The van der Waals surface area contributed by atoms with Crippen molar-refractivity contribution < 1.29 is 19.7 Å². The van der Waals surface area contributed by atoms with Crippen molar-refractivity contribution in [2.75, 3.05) is 21.2 Å². The van der Waals surface area contributed by atoms with E-state index >= 15 is 0 Å². The Bertz CT molecular complexity index is 628. The molecule has 5 heteroatoms.